The highest BCUT2D eigenvalue weighted by Crippen LogP contribution is 2.15. The van der Waals surface area contributed by atoms with Crippen LogP contribution in [0.2, 0.25) is 0 Å². The van der Waals surface area contributed by atoms with Gasteiger partial charge < -0.3 is 0 Å². The van der Waals surface area contributed by atoms with Crippen molar-refractivity contribution in [3.05, 3.63) is 69.9 Å². The van der Waals surface area contributed by atoms with E-state index in [2.05, 4.69) is 26.5 Å². The van der Waals surface area contributed by atoms with E-state index in [1.165, 1.54) is 6.07 Å². The molecule has 0 aromatic heterocycles. The summed E-state index contributed by atoms with van der Waals surface area (Å²) in [5.74, 6) is -0.725. The van der Waals surface area contributed by atoms with Gasteiger partial charge in [0.05, 0.1) is 11.3 Å². The predicted octanol–water partition coefficient (Wildman–Crippen LogP) is 3.74. The van der Waals surface area contributed by atoms with Gasteiger partial charge in [0.1, 0.15) is 5.82 Å². The van der Waals surface area contributed by atoms with E-state index in [0.29, 0.717) is 21.3 Å². The fourth-order valence-corrected chi connectivity index (χ4v) is 2.12. The summed E-state index contributed by atoms with van der Waals surface area (Å²) in [5, 5.41) is 3.93. The number of benzene rings is 2. The van der Waals surface area contributed by atoms with Crippen molar-refractivity contribution in [2.75, 3.05) is 0 Å². The molecule has 20 heavy (non-hydrogen) atoms. The first kappa shape index (κ1) is 14.4. The van der Waals surface area contributed by atoms with E-state index >= 15 is 0 Å². The molecule has 0 saturated carbocycles. The van der Waals surface area contributed by atoms with Gasteiger partial charge >= 0.3 is 0 Å². The topological polar surface area (TPSA) is 41.5 Å². The number of carbonyl (C=O) groups excluding carboxylic acids is 1. The van der Waals surface area contributed by atoms with E-state index in [1.54, 1.807) is 43.3 Å². The Morgan fingerprint density at radius 1 is 1.10 bits per heavy atom. The van der Waals surface area contributed by atoms with Gasteiger partial charge in [-0.3, -0.25) is 4.79 Å². The smallest absolute Gasteiger partial charge is 0.267 e. The van der Waals surface area contributed by atoms with Gasteiger partial charge in [0.15, 0.2) is 0 Å². The first-order valence-electron chi connectivity index (χ1n) is 5.93. The highest BCUT2D eigenvalue weighted by molar-refractivity contribution is 9.10. The molecule has 3 nitrogen and oxygen atoms in total. The van der Waals surface area contributed by atoms with Gasteiger partial charge in [-0.1, -0.05) is 30.3 Å². The van der Waals surface area contributed by atoms with Crippen LogP contribution < -0.4 is 5.43 Å². The number of rotatable bonds is 3. The van der Waals surface area contributed by atoms with Crippen LogP contribution in [0.25, 0.3) is 0 Å². The number of hydrazone groups is 1. The summed E-state index contributed by atoms with van der Waals surface area (Å²) in [7, 11) is 0. The third-order valence-electron chi connectivity index (χ3n) is 2.71. The SMILES string of the molecule is CC(=NNC(=O)c1ccccc1Br)c1ccccc1F. The van der Waals surface area contributed by atoms with Crippen molar-refractivity contribution in [3.63, 3.8) is 0 Å². The van der Waals surface area contributed by atoms with Crippen molar-refractivity contribution >= 4 is 27.5 Å². The number of hydrogen-bond acceptors (Lipinski definition) is 2. The van der Waals surface area contributed by atoms with E-state index in [9.17, 15) is 9.18 Å². The molecule has 0 aliphatic rings. The Morgan fingerprint density at radius 2 is 1.70 bits per heavy atom. The Balaban J connectivity index is 2.16. The van der Waals surface area contributed by atoms with Crippen LogP contribution in [0, 0.1) is 5.82 Å². The van der Waals surface area contributed by atoms with E-state index in [-0.39, 0.29) is 11.7 Å². The zero-order chi connectivity index (χ0) is 14.5. The monoisotopic (exact) mass is 334 g/mol. The summed E-state index contributed by atoms with van der Waals surface area (Å²) in [5.41, 5.74) is 3.65. The molecule has 0 saturated heterocycles. The summed E-state index contributed by atoms with van der Waals surface area (Å²) in [6.07, 6.45) is 0. The third kappa shape index (κ3) is 3.30. The van der Waals surface area contributed by atoms with Crippen molar-refractivity contribution in [2.45, 2.75) is 6.92 Å². The molecule has 0 atom stereocenters. The molecule has 1 N–H and O–H groups in total. The Bertz CT molecular complexity index is 670. The largest absolute Gasteiger partial charge is 0.272 e. The molecule has 0 bridgehead atoms. The molecular weight excluding hydrogens is 323 g/mol. The summed E-state index contributed by atoms with van der Waals surface area (Å²) < 4.78 is 14.2. The minimum Gasteiger partial charge on any atom is -0.267 e. The number of hydrogen-bond donors (Lipinski definition) is 1. The molecule has 2 aromatic rings. The minimum atomic E-state index is -0.371. The molecule has 0 unspecified atom stereocenters. The van der Waals surface area contributed by atoms with Crippen LogP contribution in [0.3, 0.4) is 0 Å². The number of carbonyl (C=O) groups is 1. The minimum absolute atomic E-state index is 0.354. The van der Waals surface area contributed by atoms with Gasteiger partial charge in [-0.25, -0.2) is 9.82 Å². The zero-order valence-corrected chi connectivity index (χ0v) is 12.3. The zero-order valence-electron chi connectivity index (χ0n) is 10.7. The predicted molar refractivity (Wildman–Crippen MR) is 80.2 cm³/mol. The average Bonchev–Trinajstić information content (AvgIpc) is 2.45. The van der Waals surface area contributed by atoms with Gasteiger partial charge in [-0.15, -0.1) is 0 Å². The van der Waals surface area contributed by atoms with E-state index in [4.69, 9.17) is 0 Å². The number of nitrogens with one attached hydrogen (secondary N) is 1. The Morgan fingerprint density at radius 3 is 2.35 bits per heavy atom. The first-order chi connectivity index (χ1) is 9.59. The van der Waals surface area contributed by atoms with E-state index in [1.807, 2.05) is 6.07 Å². The molecule has 102 valence electrons. The molecule has 0 aliphatic heterocycles. The maximum atomic E-state index is 13.6. The van der Waals surface area contributed by atoms with Crippen LogP contribution in [-0.4, -0.2) is 11.6 Å². The second-order valence-corrected chi connectivity index (χ2v) is 4.95. The normalized spacial score (nSPS) is 11.2. The fraction of sp³-hybridized carbons (Fsp3) is 0.0667. The quantitative estimate of drug-likeness (QED) is 0.674. The van der Waals surface area contributed by atoms with Crippen molar-refractivity contribution in [3.8, 4) is 0 Å². The highest BCUT2D eigenvalue weighted by Gasteiger charge is 2.09. The Labute approximate surface area is 124 Å². The maximum Gasteiger partial charge on any atom is 0.272 e. The standard InChI is InChI=1S/C15H12BrFN2O/c1-10(11-6-3-5-9-14(11)17)18-19-15(20)12-7-2-4-8-13(12)16/h2-9H,1H3,(H,19,20). The number of amides is 1. The Kier molecular flexibility index (Phi) is 4.63. The fourth-order valence-electron chi connectivity index (χ4n) is 1.66. The molecule has 1 amide bonds. The third-order valence-corrected chi connectivity index (χ3v) is 3.40. The molecule has 0 fully saturated rings. The van der Waals surface area contributed by atoms with Crippen molar-refractivity contribution in [1.82, 2.24) is 5.43 Å². The maximum absolute atomic E-state index is 13.6. The lowest BCUT2D eigenvalue weighted by Crippen LogP contribution is -2.20. The lowest BCUT2D eigenvalue weighted by Gasteiger charge is -2.05. The van der Waals surface area contributed by atoms with Gasteiger partial charge in [-0.05, 0) is 41.1 Å². The highest BCUT2D eigenvalue weighted by atomic mass is 79.9. The molecular formula is C15H12BrFN2O. The molecule has 0 radical (unpaired) electrons. The van der Waals surface area contributed by atoms with Crippen LogP contribution in [0.4, 0.5) is 4.39 Å². The van der Waals surface area contributed by atoms with Crippen LogP contribution >= 0.6 is 15.9 Å². The molecule has 5 heteroatoms. The van der Waals surface area contributed by atoms with Crippen molar-refractivity contribution < 1.29 is 9.18 Å². The van der Waals surface area contributed by atoms with Crippen molar-refractivity contribution in [2.24, 2.45) is 5.10 Å². The summed E-state index contributed by atoms with van der Waals surface area (Å²) in [6, 6.07) is 13.3. The number of nitrogens with zero attached hydrogens (tertiary/aromatic N) is 1. The van der Waals surface area contributed by atoms with E-state index < -0.39 is 0 Å². The van der Waals surface area contributed by atoms with Crippen LogP contribution in [-0.2, 0) is 0 Å². The van der Waals surface area contributed by atoms with Gasteiger partial charge in [0.2, 0.25) is 0 Å². The summed E-state index contributed by atoms with van der Waals surface area (Å²) in [4.78, 5) is 11.9. The number of halogens is 2. The molecule has 2 rings (SSSR count). The molecule has 0 spiro atoms. The van der Waals surface area contributed by atoms with Gasteiger partial charge in [-0.2, -0.15) is 5.10 Å². The lowest BCUT2D eigenvalue weighted by molar-refractivity contribution is 0.0954. The second-order valence-electron chi connectivity index (χ2n) is 4.10. The van der Waals surface area contributed by atoms with E-state index in [0.717, 1.165) is 0 Å². The van der Waals surface area contributed by atoms with Crippen LogP contribution in [0.5, 0.6) is 0 Å². The van der Waals surface area contributed by atoms with Gasteiger partial charge in [0, 0.05) is 10.0 Å². The van der Waals surface area contributed by atoms with Crippen LogP contribution in [0.1, 0.15) is 22.8 Å². The summed E-state index contributed by atoms with van der Waals surface area (Å²) in [6.45, 7) is 1.64. The first-order valence-corrected chi connectivity index (χ1v) is 6.73. The molecule has 0 aliphatic carbocycles. The lowest BCUT2D eigenvalue weighted by atomic mass is 10.1. The van der Waals surface area contributed by atoms with Crippen molar-refractivity contribution in [1.29, 1.82) is 0 Å². The van der Waals surface area contributed by atoms with Gasteiger partial charge in [0.25, 0.3) is 5.91 Å². The molecule has 0 heterocycles. The Hall–Kier alpha value is -2.01. The average molecular weight is 335 g/mol. The van der Waals surface area contributed by atoms with Crippen LogP contribution in [0.15, 0.2) is 58.1 Å². The summed E-state index contributed by atoms with van der Waals surface area (Å²) >= 11 is 3.29. The molecule has 2 aromatic carbocycles. The second kappa shape index (κ2) is 6.43.